The molecule has 142 valence electrons. The van der Waals surface area contributed by atoms with Crippen LogP contribution in [0.4, 0.5) is 0 Å². The third-order valence-corrected chi connectivity index (χ3v) is 3.31. The molecular weight excluding hydrogens is 312 g/mol. The van der Waals surface area contributed by atoms with Gasteiger partial charge in [-0.25, -0.2) is 4.79 Å². The molecule has 0 aliphatic rings. The van der Waals surface area contributed by atoms with Crippen LogP contribution in [0.25, 0.3) is 0 Å². The van der Waals surface area contributed by atoms with Crippen molar-refractivity contribution in [3.8, 4) is 0 Å². The molecule has 0 unspecified atom stereocenters. The second kappa shape index (κ2) is 10.1. The fourth-order valence-corrected chi connectivity index (χ4v) is 1.67. The van der Waals surface area contributed by atoms with Crippen molar-refractivity contribution >= 4 is 11.8 Å². The Bertz CT molecular complexity index is 398. The van der Waals surface area contributed by atoms with Crippen molar-refractivity contribution < 1.29 is 28.5 Å². The quantitative estimate of drug-likeness (QED) is 0.506. The summed E-state index contributed by atoms with van der Waals surface area (Å²) >= 11 is 0. The van der Waals surface area contributed by atoms with E-state index in [9.17, 15) is 9.59 Å². The molecule has 0 saturated carbocycles. The number of esters is 1. The molecule has 0 heterocycles. The highest BCUT2D eigenvalue weighted by Crippen LogP contribution is 2.18. The summed E-state index contributed by atoms with van der Waals surface area (Å²) in [7, 11) is 0. The first-order valence-electron chi connectivity index (χ1n) is 8.48. The Balaban J connectivity index is 4.26. The lowest BCUT2D eigenvalue weighted by Gasteiger charge is -2.29. The zero-order valence-corrected chi connectivity index (χ0v) is 16.4. The predicted molar refractivity (Wildman–Crippen MR) is 92.0 cm³/mol. The van der Waals surface area contributed by atoms with Crippen molar-refractivity contribution in [2.75, 3.05) is 19.8 Å². The number of carbonyl (C=O) groups excluding carboxylic acids is 2. The molecule has 0 rings (SSSR count). The molecule has 0 aromatic carbocycles. The topological polar surface area (TPSA) is 71.1 Å². The van der Waals surface area contributed by atoms with Gasteiger partial charge < -0.3 is 18.9 Å². The molecule has 24 heavy (non-hydrogen) atoms. The van der Waals surface area contributed by atoms with Gasteiger partial charge in [-0.15, -0.1) is 0 Å². The molecular formula is C18H34O6. The van der Waals surface area contributed by atoms with Crippen LogP contribution in [-0.2, 0) is 28.5 Å². The number of ether oxygens (including phenoxy) is 4. The van der Waals surface area contributed by atoms with E-state index in [1.165, 1.54) is 0 Å². The Morgan fingerprint density at radius 1 is 0.875 bits per heavy atom. The summed E-state index contributed by atoms with van der Waals surface area (Å²) in [5.41, 5.74) is -1.62. The molecule has 0 fully saturated rings. The third kappa shape index (κ3) is 10.7. The summed E-state index contributed by atoms with van der Waals surface area (Å²) in [4.78, 5) is 23.8. The summed E-state index contributed by atoms with van der Waals surface area (Å²) in [6, 6.07) is 0. The molecule has 0 aliphatic heterocycles. The van der Waals surface area contributed by atoms with Gasteiger partial charge in [0.15, 0.2) is 5.78 Å². The van der Waals surface area contributed by atoms with E-state index in [-0.39, 0.29) is 31.2 Å². The molecule has 0 N–H and O–H groups in total. The fraction of sp³-hybridized carbons (Fsp3) is 0.889. The average Bonchev–Trinajstić information content (AvgIpc) is 2.41. The van der Waals surface area contributed by atoms with Crippen LogP contribution in [-0.4, -0.2) is 55.0 Å². The van der Waals surface area contributed by atoms with Crippen LogP contribution in [0.1, 0.15) is 61.8 Å². The zero-order valence-electron chi connectivity index (χ0n) is 16.4. The Labute approximate surface area is 146 Å². The van der Waals surface area contributed by atoms with E-state index < -0.39 is 17.2 Å². The summed E-state index contributed by atoms with van der Waals surface area (Å²) in [5.74, 6) is -0.522. The lowest BCUT2D eigenvalue weighted by molar-refractivity contribution is -0.167. The minimum Gasteiger partial charge on any atom is -0.458 e. The molecule has 0 aromatic heterocycles. The molecule has 0 amide bonds. The van der Waals surface area contributed by atoms with Crippen molar-refractivity contribution in [3.63, 3.8) is 0 Å². The second-order valence-electron chi connectivity index (χ2n) is 7.49. The molecule has 0 spiro atoms. The number of rotatable bonds is 12. The van der Waals surface area contributed by atoms with Gasteiger partial charge in [-0.2, -0.15) is 0 Å². The molecule has 0 bridgehead atoms. The van der Waals surface area contributed by atoms with Gasteiger partial charge in [0.2, 0.25) is 0 Å². The van der Waals surface area contributed by atoms with E-state index in [2.05, 4.69) is 0 Å². The summed E-state index contributed by atoms with van der Waals surface area (Å²) in [6.07, 6.45) is 0.447. The highest BCUT2D eigenvalue weighted by molar-refractivity contribution is 5.87. The van der Waals surface area contributed by atoms with E-state index in [0.29, 0.717) is 13.0 Å². The smallest absolute Gasteiger partial charge is 0.332 e. The summed E-state index contributed by atoms with van der Waals surface area (Å²) in [5, 5.41) is 0. The molecule has 6 heteroatoms. The Morgan fingerprint density at radius 3 is 1.88 bits per heavy atom. The van der Waals surface area contributed by atoms with Crippen molar-refractivity contribution in [1.29, 1.82) is 0 Å². The van der Waals surface area contributed by atoms with Gasteiger partial charge in [0.05, 0.1) is 18.8 Å². The molecule has 6 nitrogen and oxygen atoms in total. The van der Waals surface area contributed by atoms with E-state index in [4.69, 9.17) is 18.9 Å². The van der Waals surface area contributed by atoms with Crippen LogP contribution in [0.5, 0.6) is 0 Å². The van der Waals surface area contributed by atoms with Crippen LogP contribution >= 0.6 is 0 Å². The van der Waals surface area contributed by atoms with Crippen molar-refractivity contribution in [3.05, 3.63) is 0 Å². The second-order valence-corrected chi connectivity index (χ2v) is 7.49. The maximum Gasteiger partial charge on any atom is 0.332 e. The molecule has 0 aliphatic carbocycles. The Kier molecular flexibility index (Phi) is 9.70. The maximum atomic E-state index is 12.1. The average molecular weight is 346 g/mol. The normalized spacial score (nSPS) is 12.8. The number of carbonyl (C=O) groups is 2. The minimum absolute atomic E-state index is 0.00356. The summed E-state index contributed by atoms with van der Waals surface area (Å²) < 4.78 is 21.6. The lowest BCUT2D eigenvalue weighted by atomic mass is 10.0. The monoisotopic (exact) mass is 346 g/mol. The first kappa shape index (κ1) is 23.0. The van der Waals surface area contributed by atoms with E-state index in [0.717, 1.165) is 0 Å². The van der Waals surface area contributed by atoms with Gasteiger partial charge in [0.1, 0.15) is 24.4 Å². The zero-order chi connectivity index (χ0) is 19.0. The van der Waals surface area contributed by atoms with Gasteiger partial charge in [-0.05, 0) is 55.4 Å². The van der Waals surface area contributed by atoms with E-state index in [1.807, 2.05) is 27.7 Å². The van der Waals surface area contributed by atoms with Crippen LogP contribution in [0.2, 0.25) is 0 Å². The Morgan fingerprint density at radius 2 is 1.38 bits per heavy atom. The minimum atomic E-state index is -0.935. The van der Waals surface area contributed by atoms with Crippen LogP contribution in [0, 0.1) is 0 Å². The number of hydrogen-bond acceptors (Lipinski definition) is 6. The highest BCUT2D eigenvalue weighted by atomic mass is 16.6. The van der Waals surface area contributed by atoms with Crippen molar-refractivity contribution in [2.24, 2.45) is 0 Å². The van der Waals surface area contributed by atoms with Crippen LogP contribution in [0.3, 0.4) is 0 Å². The molecule has 0 radical (unpaired) electrons. The van der Waals surface area contributed by atoms with Crippen molar-refractivity contribution in [1.82, 2.24) is 0 Å². The maximum absolute atomic E-state index is 12.1. The first-order chi connectivity index (χ1) is 10.9. The van der Waals surface area contributed by atoms with Gasteiger partial charge in [0.25, 0.3) is 0 Å². The van der Waals surface area contributed by atoms with Crippen LogP contribution < -0.4 is 0 Å². The predicted octanol–water partition coefficient (Wildman–Crippen LogP) is 2.91. The largest absolute Gasteiger partial charge is 0.458 e. The molecule has 0 aromatic rings. The van der Waals surface area contributed by atoms with Gasteiger partial charge in [0, 0.05) is 6.42 Å². The standard InChI is InChI=1S/C18H34O6/c1-13(2)21-11-15(19)18(7,8)23-10-9-17(5,6)24-16(20)12-22-14(3)4/h13-14H,9-12H2,1-8H3. The number of hydrogen-bond donors (Lipinski definition) is 0. The first-order valence-corrected chi connectivity index (χ1v) is 8.48. The van der Waals surface area contributed by atoms with Gasteiger partial charge >= 0.3 is 5.97 Å². The number of Topliss-reactive ketones (excluding diaryl/α,β-unsaturated/α-hetero) is 1. The Hall–Kier alpha value is -0.980. The highest BCUT2D eigenvalue weighted by Gasteiger charge is 2.30. The fourth-order valence-electron chi connectivity index (χ4n) is 1.67. The molecule has 0 saturated heterocycles. The molecule has 0 atom stereocenters. The van der Waals surface area contributed by atoms with Gasteiger partial charge in [-0.1, -0.05) is 0 Å². The van der Waals surface area contributed by atoms with E-state index in [1.54, 1.807) is 27.7 Å². The SMILES string of the molecule is CC(C)OCC(=O)OC(C)(C)CCOC(C)(C)C(=O)COC(C)C. The summed E-state index contributed by atoms with van der Waals surface area (Å²) in [6.45, 7) is 14.8. The van der Waals surface area contributed by atoms with Gasteiger partial charge in [-0.3, -0.25) is 4.79 Å². The van der Waals surface area contributed by atoms with Crippen LogP contribution in [0.15, 0.2) is 0 Å². The van der Waals surface area contributed by atoms with E-state index >= 15 is 0 Å². The third-order valence-electron chi connectivity index (χ3n) is 3.31. The van der Waals surface area contributed by atoms with Crippen molar-refractivity contribution in [2.45, 2.75) is 85.2 Å². The lowest BCUT2D eigenvalue weighted by Crippen LogP contribution is -2.40. The number of ketones is 1.